The number of rotatable bonds is 2. The molecule has 1 aliphatic rings. The standard InChI is InChI=1S/C4H8Cl2OSi/c1-3-4(7-3)2-8(5)6/h3-4,8H,2H2,1H3. The van der Waals surface area contributed by atoms with Crippen molar-refractivity contribution in [3.63, 3.8) is 0 Å². The quantitative estimate of drug-likeness (QED) is 0.348. The van der Waals surface area contributed by atoms with Crippen LogP contribution in [0.1, 0.15) is 6.92 Å². The molecule has 2 unspecified atom stereocenters. The maximum Gasteiger partial charge on any atom is 0.239 e. The molecule has 1 saturated heterocycles. The van der Waals surface area contributed by atoms with Crippen LogP contribution in [0.15, 0.2) is 0 Å². The zero-order valence-electron chi connectivity index (χ0n) is 4.60. The predicted molar refractivity (Wildman–Crippen MR) is 38.0 cm³/mol. The van der Waals surface area contributed by atoms with Crippen LogP contribution in [-0.4, -0.2) is 19.6 Å². The van der Waals surface area contributed by atoms with Gasteiger partial charge in [-0.05, 0) is 13.0 Å². The molecular formula is C4H8Cl2OSi. The van der Waals surface area contributed by atoms with Gasteiger partial charge in [0, 0.05) is 0 Å². The Morgan fingerprint density at radius 1 is 1.62 bits per heavy atom. The summed E-state index contributed by atoms with van der Waals surface area (Å²) in [4.78, 5) is 0. The Bertz CT molecular complexity index is 88.1. The van der Waals surface area contributed by atoms with Gasteiger partial charge in [-0.15, -0.1) is 0 Å². The van der Waals surface area contributed by atoms with Crippen molar-refractivity contribution < 1.29 is 4.74 Å². The van der Waals surface area contributed by atoms with Crippen LogP contribution in [0.5, 0.6) is 0 Å². The Morgan fingerprint density at radius 3 is 2.25 bits per heavy atom. The first-order valence-corrected chi connectivity index (χ1v) is 6.94. The van der Waals surface area contributed by atoms with E-state index in [0.717, 1.165) is 6.04 Å². The van der Waals surface area contributed by atoms with Crippen molar-refractivity contribution in [2.45, 2.75) is 25.2 Å². The lowest BCUT2D eigenvalue weighted by molar-refractivity contribution is 0.388. The number of hydrogen-bond donors (Lipinski definition) is 0. The molecule has 0 radical (unpaired) electrons. The first-order valence-electron chi connectivity index (χ1n) is 2.64. The summed E-state index contributed by atoms with van der Waals surface area (Å²) in [6.45, 7) is 2.04. The molecule has 0 N–H and O–H groups in total. The number of ether oxygens (including phenoxy) is 1. The van der Waals surface area contributed by atoms with Gasteiger partial charge in [0.05, 0.1) is 12.2 Å². The van der Waals surface area contributed by atoms with Gasteiger partial charge in [-0.2, -0.15) is 22.2 Å². The minimum absolute atomic E-state index is 0.390. The van der Waals surface area contributed by atoms with Gasteiger partial charge in [0.25, 0.3) is 0 Å². The summed E-state index contributed by atoms with van der Waals surface area (Å²) >= 11 is 11.2. The van der Waals surface area contributed by atoms with E-state index >= 15 is 0 Å². The first-order chi connectivity index (χ1) is 3.70. The maximum atomic E-state index is 5.60. The van der Waals surface area contributed by atoms with Crippen molar-refractivity contribution in [3.05, 3.63) is 0 Å². The molecule has 0 aromatic rings. The molecule has 0 bridgehead atoms. The van der Waals surface area contributed by atoms with Crippen LogP contribution in [0.25, 0.3) is 0 Å². The molecule has 1 nitrogen and oxygen atoms in total. The van der Waals surface area contributed by atoms with Crippen molar-refractivity contribution in [1.29, 1.82) is 0 Å². The summed E-state index contributed by atoms with van der Waals surface area (Å²) in [7, 11) is -1.38. The van der Waals surface area contributed by atoms with Gasteiger partial charge in [-0.3, -0.25) is 0 Å². The summed E-state index contributed by atoms with van der Waals surface area (Å²) in [6.07, 6.45) is 0.809. The summed E-state index contributed by atoms with van der Waals surface area (Å²) in [6, 6.07) is 0.907. The van der Waals surface area contributed by atoms with Crippen molar-refractivity contribution in [1.82, 2.24) is 0 Å². The van der Waals surface area contributed by atoms with Gasteiger partial charge in [0.2, 0.25) is 7.42 Å². The molecule has 1 heterocycles. The van der Waals surface area contributed by atoms with Crippen LogP contribution in [-0.2, 0) is 4.74 Å². The third kappa shape index (κ3) is 1.94. The van der Waals surface area contributed by atoms with Crippen molar-refractivity contribution in [3.8, 4) is 0 Å². The SMILES string of the molecule is CC1OC1C[SiH](Cl)Cl. The fourth-order valence-corrected chi connectivity index (χ4v) is 2.55. The van der Waals surface area contributed by atoms with E-state index in [2.05, 4.69) is 0 Å². The Hall–Kier alpha value is 0.757. The lowest BCUT2D eigenvalue weighted by Crippen LogP contribution is -1.98. The van der Waals surface area contributed by atoms with Crippen LogP contribution in [0.4, 0.5) is 0 Å². The third-order valence-corrected chi connectivity index (χ3v) is 3.14. The minimum atomic E-state index is -1.38. The second kappa shape index (κ2) is 2.56. The Kier molecular flexibility index (Phi) is 2.20. The minimum Gasteiger partial charge on any atom is -0.370 e. The zero-order chi connectivity index (χ0) is 6.15. The molecule has 1 fully saturated rings. The smallest absolute Gasteiger partial charge is 0.239 e. The van der Waals surface area contributed by atoms with E-state index in [4.69, 9.17) is 26.9 Å². The molecule has 48 valence electrons. The van der Waals surface area contributed by atoms with Crippen molar-refractivity contribution in [2.75, 3.05) is 0 Å². The highest BCUT2D eigenvalue weighted by Crippen LogP contribution is 2.27. The molecule has 0 aromatic heterocycles. The van der Waals surface area contributed by atoms with Crippen LogP contribution in [0, 0.1) is 0 Å². The molecule has 0 amide bonds. The average molecular weight is 171 g/mol. The highest BCUT2D eigenvalue weighted by atomic mass is 35.7. The molecular weight excluding hydrogens is 163 g/mol. The molecule has 8 heavy (non-hydrogen) atoms. The Balaban J connectivity index is 2.05. The van der Waals surface area contributed by atoms with Gasteiger partial charge < -0.3 is 4.74 Å². The first kappa shape index (κ1) is 6.87. The molecule has 0 spiro atoms. The monoisotopic (exact) mass is 170 g/mol. The van der Waals surface area contributed by atoms with Gasteiger partial charge in [-0.1, -0.05) is 0 Å². The number of hydrogen-bond acceptors (Lipinski definition) is 1. The van der Waals surface area contributed by atoms with Gasteiger partial charge in [-0.25, -0.2) is 0 Å². The Labute approximate surface area is 59.9 Å². The summed E-state index contributed by atoms with van der Waals surface area (Å²) < 4.78 is 5.09. The van der Waals surface area contributed by atoms with Gasteiger partial charge >= 0.3 is 0 Å². The van der Waals surface area contributed by atoms with Crippen LogP contribution < -0.4 is 0 Å². The lowest BCUT2D eigenvalue weighted by Gasteiger charge is -1.89. The van der Waals surface area contributed by atoms with E-state index in [0.29, 0.717) is 12.2 Å². The van der Waals surface area contributed by atoms with Crippen LogP contribution in [0.2, 0.25) is 6.04 Å². The maximum absolute atomic E-state index is 5.60. The lowest BCUT2D eigenvalue weighted by atomic mass is 10.4. The number of epoxide rings is 1. The van der Waals surface area contributed by atoms with E-state index in [1.54, 1.807) is 0 Å². The van der Waals surface area contributed by atoms with Crippen molar-refractivity contribution >= 4 is 29.6 Å². The number of halogens is 2. The molecule has 0 aliphatic carbocycles. The Morgan fingerprint density at radius 2 is 2.12 bits per heavy atom. The molecule has 1 aliphatic heterocycles. The van der Waals surface area contributed by atoms with Gasteiger partial charge in [0.1, 0.15) is 0 Å². The summed E-state index contributed by atoms with van der Waals surface area (Å²) in [5.41, 5.74) is 0. The van der Waals surface area contributed by atoms with E-state index in [1.807, 2.05) is 6.92 Å². The van der Waals surface area contributed by atoms with E-state index in [-0.39, 0.29) is 0 Å². The molecule has 1 rings (SSSR count). The summed E-state index contributed by atoms with van der Waals surface area (Å²) in [5, 5.41) is 0. The van der Waals surface area contributed by atoms with E-state index < -0.39 is 7.42 Å². The second-order valence-electron chi connectivity index (χ2n) is 2.01. The highest BCUT2D eigenvalue weighted by molar-refractivity contribution is 7.33. The molecule has 2 atom stereocenters. The largest absolute Gasteiger partial charge is 0.370 e. The van der Waals surface area contributed by atoms with Crippen LogP contribution >= 0.6 is 22.2 Å². The zero-order valence-corrected chi connectivity index (χ0v) is 7.27. The fraction of sp³-hybridized carbons (Fsp3) is 1.00. The topological polar surface area (TPSA) is 12.5 Å². The third-order valence-electron chi connectivity index (χ3n) is 1.25. The molecule has 4 heteroatoms. The average Bonchev–Trinajstić information content (AvgIpc) is 2.17. The normalized spacial score (nSPS) is 36.0. The highest BCUT2D eigenvalue weighted by Gasteiger charge is 2.35. The van der Waals surface area contributed by atoms with E-state index in [1.165, 1.54) is 0 Å². The van der Waals surface area contributed by atoms with Crippen molar-refractivity contribution in [2.24, 2.45) is 0 Å². The predicted octanol–water partition coefficient (Wildman–Crippen LogP) is 1.47. The van der Waals surface area contributed by atoms with Gasteiger partial charge in [0.15, 0.2) is 0 Å². The second-order valence-corrected chi connectivity index (χ2v) is 7.09. The van der Waals surface area contributed by atoms with E-state index in [9.17, 15) is 0 Å². The van der Waals surface area contributed by atoms with Crippen LogP contribution in [0.3, 0.4) is 0 Å². The molecule has 0 aromatic carbocycles. The summed E-state index contributed by atoms with van der Waals surface area (Å²) in [5.74, 6) is 0. The fourth-order valence-electron chi connectivity index (χ4n) is 0.653. The molecule has 0 saturated carbocycles.